The molecule has 0 aliphatic rings. The van der Waals surface area contributed by atoms with Crippen LogP contribution in [0.3, 0.4) is 0 Å². The number of benzene rings is 3. The minimum Gasteiger partial charge on any atom is -0.497 e. The molecule has 170 valence electrons. The number of ether oxygens (including phenoxy) is 1. The lowest BCUT2D eigenvalue weighted by atomic mass is 10.1. The zero-order chi connectivity index (χ0) is 23.8. The van der Waals surface area contributed by atoms with Crippen LogP contribution < -0.4 is 15.4 Å². The molecule has 0 fully saturated rings. The number of methoxy groups -OCH3 is 1. The van der Waals surface area contributed by atoms with Crippen LogP contribution in [0.1, 0.15) is 21.2 Å². The number of nitrogens with one attached hydrogen (secondary N) is 2. The monoisotopic (exact) mass is 469 g/mol. The molecule has 2 N–H and O–H groups in total. The van der Waals surface area contributed by atoms with Gasteiger partial charge in [0.05, 0.1) is 7.11 Å². The summed E-state index contributed by atoms with van der Waals surface area (Å²) in [5.41, 5.74) is 2.05. The van der Waals surface area contributed by atoms with Crippen LogP contribution >= 0.6 is 11.8 Å². The minimum atomic E-state index is -0.472. The Morgan fingerprint density at radius 1 is 0.853 bits per heavy atom. The molecule has 0 spiro atoms. The summed E-state index contributed by atoms with van der Waals surface area (Å²) in [5, 5.41) is 5.30. The smallest absolute Gasteiger partial charge is 0.255 e. The van der Waals surface area contributed by atoms with Crippen LogP contribution in [0.4, 0.5) is 11.5 Å². The van der Waals surface area contributed by atoms with Crippen LogP contribution in [0.15, 0.2) is 108 Å². The van der Waals surface area contributed by atoms with E-state index in [1.807, 2.05) is 60.7 Å². The number of aromatic nitrogens is 1. The quantitative estimate of drug-likeness (QED) is 0.318. The largest absolute Gasteiger partial charge is 0.497 e. The third-order valence-electron chi connectivity index (χ3n) is 4.95. The Kier molecular flexibility index (Phi) is 7.57. The predicted octanol–water partition coefficient (Wildman–Crippen LogP) is 5.81. The van der Waals surface area contributed by atoms with Crippen molar-refractivity contribution in [1.29, 1.82) is 0 Å². The number of rotatable bonds is 8. The molecule has 4 rings (SSSR count). The normalized spacial score (nSPS) is 11.3. The average Bonchev–Trinajstić information content (AvgIpc) is 2.89. The highest BCUT2D eigenvalue weighted by molar-refractivity contribution is 8.00. The van der Waals surface area contributed by atoms with Gasteiger partial charge in [0.25, 0.3) is 5.91 Å². The van der Waals surface area contributed by atoms with Gasteiger partial charge in [0.15, 0.2) is 0 Å². The number of carbonyl (C=O) groups excluding carboxylic acids is 2. The predicted molar refractivity (Wildman–Crippen MR) is 135 cm³/mol. The molecule has 0 bridgehead atoms. The van der Waals surface area contributed by atoms with E-state index in [0.29, 0.717) is 22.8 Å². The van der Waals surface area contributed by atoms with Crippen molar-refractivity contribution in [3.05, 3.63) is 114 Å². The molecule has 4 aromatic rings. The van der Waals surface area contributed by atoms with Crippen molar-refractivity contribution in [3.63, 3.8) is 0 Å². The fourth-order valence-corrected chi connectivity index (χ4v) is 4.27. The number of thioether (sulfide) groups is 1. The fraction of sp³-hybridized carbons (Fsp3) is 0.0741. The molecule has 1 unspecified atom stereocenters. The summed E-state index contributed by atoms with van der Waals surface area (Å²) in [6.45, 7) is 0. The summed E-state index contributed by atoms with van der Waals surface area (Å²) >= 11 is 1.43. The van der Waals surface area contributed by atoms with E-state index in [1.54, 1.807) is 49.7 Å². The standard InChI is InChI=1S/C27H23N3O3S/c1-33-22-11-7-10-20(18-22)26(31)29-21-13-15-23(16-14-21)34-25(19-8-3-2-4-9-19)27(32)30-24-12-5-6-17-28-24/h2-18,25H,1H3,(H,29,31)(H,28,30,32). The third-order valence-corrected chi connectivity index (χ3v) is 6.22. The number of carbonyl (C=O) groups is 2. The first-order valence-corrected chi connectivity index (χ1v) is 11.5. The van der Waals surface area contributed by atoms with Gasteiger partial charge in [-0.1, -0.05) is 42.5 Å². The van der Waals surface area contributed by atoms with Crippen LogP contribution in [-0.4, -0.2) is 23.9 Å². The number of hydrogen-bond acceptors (Lipinski definition) is 5. The molecule has 1 atom stereocenters. The van der Waals surface area contributed by atoms with E-state index < -0.39 is 5.25 Å². The summed E-state index contributed by atoms with van der Waals surface area (Å²) in [5.74, 6) is 0.737. The Morgan fingerprint density at radius 2 is 1.62 bits per heavy atom. The molecular weight excluding hydrogens is 446 g/mol. The van der Waals surface area contributed by atoms with Crippen molar-refractivity contribution < 1.29 is 14.3 Å². The SMILES string of the molecule is COc1cccc(C(=O)Nc2ccc(SC(C(=O)Nc3ccccn3)c3ccccc3)cc2)c1. The molecule has 34 heavy (non-hydrogen) atoms. The van der Waals surface area contributed by atoms with Gasteiger partial charge in [0.1, 0.15) is 16.8 Å². The minimum absolute atomic E-state index is 0.162. The molecule has 3 aromatic carbocycles. The van der Waals surface area contributed by atoms with Crippen LogP contribution in [0.25, 0.3) is 0 Å². The van der Waals surface area contributed by atoms with E-state index in [4.69, 9.17) is 4.74 Å². The van der Waals surface area contributed by atoms with Crippen LogP contribution in [-0.2, 0) is 4.79 Å². The lowest BCUT2D eigenvalue weighted by molar-refractivity contribution is -0.115. The van der Waals surface area contributed by atoms with Crippen LogP contribution in [0.2, 0.25) is 0 Å². The first kappa shape index (κ1) is 23.1. The van der Waals surface area contributed by atoms with E-state index in [9.17, 15) is 9.59 Å². The van der Waals surface area contributed by atoms with Gasteiger partial charge >= 0.3 is 0 Å². The summed E-state index contributed by atoms with van der Waals surface area (Å²) < 4.78 is 5.18. The molecule has 7 heteroatoms. The molecule has 0 saturated heterocycles. The molecule has 2 amide bonds. The van der Waals surface area contributed by atoms with Crippen molar-refractivity contribution in [3.8, 4) is 5.75 Å². The number of amides is 2. The lowest BCUT2D eigenvalue weighted by Gasteiger charge is -2.17. The van der Waals surface area contributed by atoms with Crippen molar-refractivity contribution in [2.75, 3.05) is 17.7 Å². The maximum atomic E-state index is 13.1. The van der Waals surface area contributed by atoms with Crippen molar-refractivity contribution in [2.24, 2.45) is 0 Å². The van der Waals surface area contributed by atoms with Crippen LogP contribution in [0.5, 0.6) is 5.75 Å². The van der Waals surface area contributed by atoms with Crippen LogP contribution in [0, 0.1) is 0 Å². The highest BCUT2D eigenvalue weighted by atomic mass is 32.2. The third kappa shape index (κ3) is 6.02. The second kappa shape index (κ2) is 11.2. The van der Waals surface area contributed by atoms with Gasteiger partial charge in [0.2, 0.25) is 5.91 Å². The maximum Gasteiger partial charge on any atom is 0.255 e. The van der Waals surface area contributed by atoms with Gasteiger partial charge in [0, 0.05) is 22.3 Å². The van der Waals surface area contributed by atoms with Gasteiger partial charge in [-0.15, -0.1) is 11.8 Å². The molecule has 0 aliphatic carbocycles. The topological polar surface area (TPSA) is 80.3 Å². The average molecular weight is 470 g/mol. The van der Waals surface area contributed by atoms with Gasteiger partial charge in [-0.2, -0.15) is 0 Å². The van der Waals surface area contributed by atoms with Gasteiger partial charge < -0.3 is 15.4 Å². The highest BCUT2D eigenvalue weighted by Crippen LogP contribution is 2.36. The molecule has 0 saturated carbocycles. The maximum absolute atomic E-state index is 13.1. The molecule has 0 radical (unpaired) electrons. The number of hydrogen-bond donors (Lipinski definition) is 2. The lowest BCUT2D eigenvalue weighted by Crippen LogP contribution is -2.19. The van der Waals surface area contributed by atoms with E-state index in [0.717, 1.165) is 10.5 Å². The van der Waals surface area contributed by atoms with Crippen molar-refractivity contribution in [1.82, 2.24) is 4.98 Å². The summed E-state index contributed by atoms with van der Waals surface area (Å²) in [4.78, 5) is 30.7. The second-order valence-corrected chi connectivity index (χ2v) is 8.50. The Hall–Kier alpha value is -4.10. The summed E-state index contributed by atoms with van der Waals surface area (Å²) in [6, 6.07) is 29.4. The second-order valence-electron chi connectivity index (χ2n) is 7.32. The number of nitrogens with zero attached hydrogens (tertiary/aromatic N) is 1. The number of anilines is 2. The molecule has 0 aliphatic heterocycles. The first-order chi connectivity index (χ1) is 16.6. The Bertz CT molecular complexity index is 1250. The van der Waals surface area contributed by atoms with Crippen molar-refractivity contribution >= 4 is 35.1 Å². The Labute approximate surface area is 202 Å². The van der Waals surface area contributed by atoms with Gasteiger partial charge in [-0.3, -0.25) is 9.59 Å². The molecule has 6 nitrogen and oxygen atoms in total. The zero-order valence-corrected chi connectivity index (χ0v) is 19.3. The zero-order valence-electron chi connectivity index (χ0n) is 18.5. The van der Waals surface area contributed by atoms with Crippen molar-refractivity contribution in [2.45, 2.75) is 10.1 Å². The van der Waals surface area contributed by atoms with E-state index in [-0.39, 0.29) is 11.8 Å². The van der Waals surface area contributed by atoms with E-state index in [2.05, 4.69) is 15.6 Å². The van der Waals surface area contributed by atoms with Gasteiger partial charge in [-0.05, 0) is 60.2 Å². The summed E-state index contributed by atoms with van der Waals surface area (Å²) in [6.07, 6.45) is 1.64. The Morgan fingerprint density at radius 3 is 2.32 bits per heavy atom. The molecular formula is C27H23N3O3S. The Balaban J connectivity index is 1.47. The fourth-order valence-electron chi connectivity index (χ4n) is 3.25. The molecule has 1 aromatic heterocycles. The summed E-state index contributed by atoms with van der Waals surface area (Å²) in [7, 11) is 1.56. The molecule has 1 heterocycles. The van der Waals surface area contributed by atoms with E-state index in [1.165, 1.54) is 11.8 Å². The highest BCUT2D eigenvalue weighted by Gasteiger charge is 2.22. The van der Waals surface area contributed by atoms with Gasteiger partial charge in [-0.25, -0.2) is 4.98 Å². The van der Waals surface area contributed by atoms with E-state index >= 15 is 0 Å². The first-order valence-electron chi connectivity index (χ1n) is 10.6. The number of pyridine rings is 1.